The second kappa shape index (κ2) is 11.1. The van der Waals surface area contributed by atoms with Crippen molar-refractivity contribution >= 4 is 0 Å². The highest BCUT2D eigenvalue weighted by Crippen LogP contribution is 2.25. The molecule has 0 aliphatic heterocycles. The normalized spacial score (nSPS) is 16.8. The van der Waals surface area contributed by atoms with Gasteiger partial charge in [0.1, 0.15) is 0 Å². The molecule has 0 aromatic carbocycles. The molecule has 0 aliphatic rings. The molecule has 0 amide bonds. The molecule has 0 radical (unpaired) electrons. The van der Waals surface area contributed by atoms with Gasteiger partial charge in [0, 0.05) is 0 Å². The summed E-state index contributed by atoms with van der Waals surface area (Å²) in [5.74, 6) is 2.80. The summed E-state index contributed by atoms with van der Waals surface area (Å²) >= 11 is 0. The first-order chi connectivity index (χ1) is 8.11. The third-order valence-electron chi connectivity index (χ3n) is 4.38. The first kappa shape index (κ1) is 17.0. The van der Waals surface area contributed by atoms with Gasteiger partial charge in [-0.05, 0) is 17.8 Å². The van der Waals surface area contributed by atoms with Crippen LogP contribution in [0.1, 0.15) is 92.4 Å². The molecule has 0 N–H and O–H groups in total. The van der Waals surface area contributed by atoms with Crippen LogP contribution < -0.4 is 0 Å². The van der Waals surface area contributed by atoms with Gasteiger partial charge in [0.25, 0.3) is 0 Å². The van der Waals surface area contributed by atoms with E-state index in [4.69, 9.17) is 0 Å². The lowest BCUT2D eigenvalue weighted by Gasteiger charge is -2.21. The Bertz CT molecular complexity index is 150. The number of unbranched alkanes of at least 4 members (excludes halogenated alkanes) is 3. The standard InChI is InChI=1S/C17H36/c1-6-8-9-10-12-16(4)17(5)14-13-15(3)11-7-2/h15-17H,6-14H2,1-5H3. The maximum absolute atomic E-state index is 2.46. The Morgan fingerprint density at radius 2 is 1.24 bits per heavy atom. The van der Waals surface area contributed by atoms with E-state index in [-0.39, 0.29) is 0 Å². The van der Waals surface area contributed by atoms with Crippen LogP contribution in [0, 0.1) is 17.8 Å². The third-order valence-corrected chi connectivity index (χ3v) is 4.38. The maximum Gasteiger partial charge on any atom is -0.0417 e. The topological polar surface area (TPSA) is 0 Å². The summed E-state index contributed by atoms with van der Waals surface area (Å²) in [5, 5.41) is 0. The van der Waals surface area contributed by atoms with E-state index in [1.54, 1.807) is 0 Å². The third kappa shape index (κ3) is 9.68. The Morgan fingerprint density at radius 1 is 0.588 bits per heavy atom. The first-order valence-electron chi connectivity index (χ1n) is 8.11. The van der Waals surface area contributed by atoms with Gasteiger partial charge in [0.2, 0.25) is 0 Å². The summed E-state index contributed by atoms with van der Waals surface area (Å²) < 4.78 is 0. The van der Waals surface area contributed by atoms with Crippen LogP contribution in [0.25, 0.3) is 0 Å². The highest BCUT2D eigenvalue weighted by molar-refractivity contribution is 4.64. The van der Waals surface area contributed by atoms with Gasteiger partial charge in [0.05, 0.1) is 0 Å². The van der Waals surface area contributed by atoms with Crippen molar-refractivity contribution in [1.29, 1.82) is 0 Å². The van der Waals surface area contributed by atoms with Crippen molar-refractivity contribution in [2.45, 2.75) is 92.4 Å². The molecule has 17 heavy (non-hydrogen) atoms. The van der Waals surface area contributed by atoms with Crippen LogP contribution in [-0.4, -0.2) is 0 Å². The molecule has 3 unspecified atom stereocenters. The molecule has 0 fully saturated rings. The number of hydrogen-bond donors (Lipinski definition) is 0. The van der Waals surface area contributed by atoms with Crippen molar-refractivity contribution < 1.29 is 0 Å². The van der Waals surface area contributed by atoms with Crippen molar-refractivity contribution in [3.05, 3.63) is 0 Å². The van der Waals surface area contributed by atoms with Crippen LogP contribution in [0.15, 0.2) is 0 Å². The van der Waals surface area contributed by atoms with Gasteiger partial charge in [-0.3, -0.25) is 0 Å². The summed E-state index contributed by atoms with van der Waals surface area (Å²) in [6.07, 6.45) is 12.8. The van der Waals surface area contributed by atoms with E-state index < -0.39 is 0 Å². The fourth-order valence-electron chi connectivity index (χ4n) is 2.65. The SMILES string of the molecule is CCCCCCC(C)C(C)CCC(C)CCC. The smallest absolute Gasteiger partial charge is 0.0417 e. The van der Waals surface area contributed by atoms with E-state index in [2.05, 4.69) is 34.6 Å². The molecule has 0 heteroatoms. The molecule has 0 aliphatic carbocycles. The minimum atomic E-state index is 0.927. The summed E-state index contributed by atoms with van der Waals surface area (Å²) in [5.41, 5.74) is 0. The van der Waals surface area contributed by atoms with Gasteiger partial charge in [-0.15, -0.1) is 0 Å². The molecule has 0 nitrogen and oxygen atoms in total. The largest absolute Gasteiger partial charge is 0.0654 e. The summed E-state index contributed by atoms with van der Waals surface area (Å²) in [7, 11) is 0. The van der Waals surface area contributed by atoms with Gasteiger partial charge in [0.15, 0.2) is 0 Å². The predicted octanol–water partition coefficient (Wildman–Crippen LogP) is 6.45. The first-order valence-corrected chi connectivity index (χ1v) is 8.11. The molecule has 3 atom stereocenters. The zero-order valence-electron chi connectivity index (χ0n) is 13.1. The monoisotopic (exact) mass is 240 g/mol. The number of rotatable bonds is 11. The van der Waals surface area contributed by atoms with E-state index in [9.17, 15) is 0 Å². The zero-order chi connectivity index (χ0) is 13.1. The van der Waals surface area contributed by atoms with Gasteiger partial charge >= 0.3 is 0 Å². The summed E-state index contributed by atoms with van der Waals surface area (Å²) in [4.78, 5) is 0. The minimum Gasteiger partial charge on any atom is -0.0654 e. The van der Waals surface area contributed by atoms with Gasteiger partial charge < -0.3 is 0 Å². The van der Waals surface area contributed by atoms with Crippen LogP contribution in [0.3, 0.4) is 0 Å². The van der Waals surface area contributed by atoms with Crippen LogP contribution >= 0.6 is 0 Å². The highest BCUT2D eigenvalue weighted by Gasteiger charge is 2.13. The Morgan fingerprint density at radius 3 is 1.82 bits per heavy atom. The average molecular weight is 240 g/mol. The second-order valence-electron chi connectivity index (χ2n) is 6.28. The van der Waals surface area contributed by atoms with E-state index in [0.29, 0.717) is 0 Å². The molecule has 0 aromatic heterocycles. The molecule has 0 saturated carbocycles. The van der Waals surface area contributed by atoms with E-state index >= 15 is 0 Å². The molecule has 0 spiro atoms. The lowest BCUT2D eigenvalue weighted by molar-refractivity contribution is 0.304. The molecule has 0 rings (SSSR count). The number of hydrogen-bond acceptors (Lipinski definition) is 0. The van der Waals surface area contributed by atoms with Gasteiger partial charge in [-0.2, -0.15) is 0 Å². The van der Waals surface area contributed by atoms with Gasteiger partial charge in [-0.25, -0.2) is 0 Å². The Hall–Kier alpha value is 0. The van der Waals surface area contributed by atoms with E-state index in [0.717, 1.165) is 17.8 Å². The van der Waals surface area contributed by atoms with E-state index in [1.807, 2.05) is 0 Å². The lowest BCUT2D eigenvalue weighted by Crippen LogP contribution is -2.09. The maximum atomic E-state index is 2.46. The van der Waals surface area contributed by atoms with Crippen LogP contribution in [0.2, 0.25) is 0 Å². The molecule has 0 heterocycles. The second-order valence-corrected chi connectivity index (χ2v) is 6.28. The molecule has 0 aromatic rings. The quantitative estimate of drug-likeness (QED) is 0.364. The van der Waals surface area contributed by atoms with Gasteiger partial charge in [-0.1, -0.05) is 92.4 Å². The fourth-order valence-corrected chi connectivity index (χ4v) is 2.65. The average Bonchev–Trinajstić information content (AvgIpc) is 2.31. The lowest BCUT2D eigenvalue weighted by atomic mass is 9.85. The van der Waals surface area contributed by atoms with Crippen molar-refractivity contribution in [3.8, 4) is 0 Å². The molecule has 0 bridgehead atoms. The van der Waals surface area contributed by atoms with Crippen molar-refractivity contribution in [1.82, 2.24) is 0 Å². The Kier molecular flexibility index (Phi) is 11.1. The Balaban J connectivity index is 3.55. The zero-order valence-corrected chi connectivity index (χ0v) is 13.1. The summed E-state index contributed by atoms with van der Waals surface area (Å²) in [6.45, 7) is 11.9. The van der Waals surface area contributed by atoms with Crippen LogP contribution in [0.4, 0.5) is 0 Å². The van der Waals surface area contributed by atoms with Crippen molar-refractivity contribution in [3.63, 3.8) is 0 Å². The molecular weight excluding hydrogens is 204 g/mol. The highest BCUT2D eigenvalue weighted by atomic mass is 14.2. The molecule has 0 saturated heterocycles. The minimum absolute atomic E-state index is 0.927. The predicted molar refractivity (Wildman–Crippen MR) is 80.4 cm³/mol. The fraction of sp³-hybridized carbons (Fsp3) is 1.00. The van der Waals surface area contributed by atoms with Crippen molar-refractivity contribution in [2.75, 3.05) is 0 Å². The molecule has 104 valence electrons. The summed E-state index contributed by atoms with van der Waals surface area (Å²) in [6, 6.07) is 0. The Labute approximate surface area is 111 Å². The van der Waals surface area contributed by atoms with E-state index in [1.165, 1.54) is 57.8 Å². The van der Waals surface area contributed by atoms with Crippen LogP contribution in [0.5, 0.6) is 0 Å². The van der Waals surface area contributed by atoms with Crippen LogP contribution in [-0.2, 0) is 0 Å². The molecular formula is C17H36. The van der Waals surface area contributed by atoms with Crippen molar-refractivity contribution in [2.24, 2.45) is 17.8 Å².